The van der Waals surface area contributed by atoms with Gasteiger partial charge >= 0.3 is 0 Å². The van der Waals surface area contributed by atoms with Crippen molar-refractivity contribution in [1.82, 2.24) is 24.5 Å². The summed E-state index contributed by atoms with van der Waals surface area (Å²) >= 11 is 0. The molecule has 0 aliphatic carbocycles. The summed E-state index contributed by atoms with van der Waals surface area (Å²) in [6, 6.07) is 60.3. The first kappa shape index (κ1) is 28.5. The van der Waals surface area contributed by atoms with E-state index in [0.29, 0.717) is 17.5 Å². The van der Waals surface area contributed by atoms with Crippen LogP contribution >= 0.6 is 0 Å². The molecule has 3 aromatic heterocycles. The van der Waals surface area contributed by atoms with Gasteiger partial charge < -0.3 is 0 Å². The number of benzene rings is 6. The predicted octanol–water partition coefficient (Wildman–Crippen LogP) is 10.7. The van der Waals surface area contributed by atoms with Crippen LogP contribution < -0.4 is 0 Å². The summed E-state index contributed by atoms with van der Waals surface area (Å²) < 4.78 is 2.25. The van der Waals surface area contributed by atoms with Gasteiger partial charge in [-0.25, -0.2) is 19.9 Å². The van der Waals surface area contributed by atoms with Crippen LogP contribution in [0.15, 0.2) is 176 Å². The first-order chi connectivity index (χ1) is 24.3. The number of aromatic nitrogens is 5. The third kappa shape index (κ3) is 5.24. The molecular weight excluding hydrogens is 599 g/mol. The third-order valence-electron chi connectivity index (χ3n) is 8.87. The van der Waals surface area contributed by atoms with E-state index in [1.54, 1.807) is 0 Å². The van der Waals surface area contributed by atoms with Crippen LogP contribution in [0.2, 0.25) is 0 Å². The van der Waals surface area contributed by atoms with Crippen LogP contribution in [0.25, 0.3) is 84.2 Å². The molecule has 0 unspecified atom stereocenters. The second-order valence-electron chi connectivity index (χ2n) is 11.9. The van der Waals surface area contributed by atoms with Crippen LogP contribution in [0, 0.1) is 0 Å². The van der Waals surface area contributed by atoms with Crippen molar-refractivity contribution >= 4 is 21.9 Å². The van der Waals surface area contributed by atoms with Crippen molar-refractivity contribution in [3.63, 3.8) is 0 Å². The van der Waals surface area contributed by atoms with Crippen LogP contribution in [0.4, 0.5) is 0 Å². The third-order valence-corrected chi connectivity index (χ3v) is 8.87. The molecule has 0 radical (unpaired) electrons. The van der Waals surface area contributed by atoms with Gasteiger partial charge in [0.25, 0.3) is 0 Å². The zero-order valence-electron chi connectivity index (χ0n) is 26.5. The van der Waals surface area contributed by atoms with Crippen molar-refractivity contribution in [1.29, 1.82) is 0 Å². The number of para-hydroxylation sites is 1. The summed E-state index contributed by atoms with van der Waals surface area (Å²) in [4.78, 5) is 20.2. The molecule has 0 spiro atoms. The quantitative estimate of drug-likeness (QED) is 0.184. The molecule has 0 amide bonds. The second-order valence-corrected chi connectivity index (χ2v) is 11.9. The summed E-state index contributed by atoms with van der Waals surface area (Å²) in [6.45, 7) is 0. The van der Waals surface area contributed by atoms with E-state index in [4.69, 9.17) is 19.9 Å². The Hall–Kier alpha value is -6.72. The van der Waals surface area contributed by atoms with E-state index in [0.717, 1.165) is 66.7 Å². The van der Waals surface area contributed by atoms with Crippen molar-refractivity contribution in [2.24, 2.45) is 0 Å². The highest BCUT2D eigenvalue weighted by Gasteiger charge is 2.18. The molecule has 5 nitrogen and oxygen atoms in total. The summed E-state index contributed by atoms with van der Waals surface area (Å²) in [5, 5.41) is 2.25. The molecule has 0 aliphatic heterocycles. The van der Waals surface area contributed by atoms with E-state index < -0.39 is 0 Å². The van der Waals surface area contributed by atoms with Gasteiger partial charge in [-0.1, -0.05) is 146 Å². The maximum atomic E-state index is 5.38. The number of pyridine rings is 1. The fraction of sp³-hybridized carbons (Fsp3) is 0. The summed E-state index contributed by atoms with van der Waals surface area (Å²) in [7, 11) is 0. The smallest absolute Gasteiger partial charge is 0.164 e. The molecule has 0 aliphatic rings. The molecule has 0 N–H and O–H groups in total. The Morgan fingerprint density at radius 2 is 0.878 bits per heavy atom. The van der Waals surface area contributed by atoms with Crippen molar-refractivity contribution in [2.75, 3.05) is 0 Å². The SMILES string of the molecule is c1ccc(-c2nc(-c3ccccc3)nc(-c3cccc(-n4c5ccccc5c5ccc(-c6ccccc6-c6ccccc6)nc54)c3)n2)cc1. The maximum Gasteiger partial charge on any atom is 0.164 e. The van der Waals surface area contributed by atoms with E-state index in [1.807, 2.05) is 66.7 Å². The molecule has 5 heteroatoms. The Balaban J connectivity index is 1.23. The fourth-order valence-electron chi connectivity index (χ4n) is 6.55. The zero-order valence-corrected chi connectivity index (χ0v) is 26.5. The highest BCUT2D eigenvalue weighted by atomic mass is 15.1. The van der Waals surface area contributed by atoms with E-state index in [9.17, 15) is 0 Å². The number of fused-ring (bicyclic) bond motifs is 3. The zero-order chi connectivity index (χ0) is 32.6. The minimum atomic E-state index is 0.612. The van der Waals surface area contributed by atoms with E-state index in [-0.39, 0.29) is 0 Å². The number of nitrogens with zero attached hydrogens (tertiary/aromatic N) is 5. The molecule has 0 bridgehead atoms. The van der Waals surface area contributed by atoms with Gasteiger partial charge in [0.1, 0.15) is 5.65 Å². The van der Waals surface area contributed by atoms with Gasteiger partial charge in [-0.2, -0.15) is 0 Å². The van der Waals surface area contributed by atoms with Crippen molar-refractivity contribution < 1.29 is 0 Å². The highest BCUT2D eigenvalue weighted by molar-refractivity contribution is 6.08. The van der Waals surface area contributed by atoms with Gasteiger partial charge in [0.2, 0.25) is 0 Å². The molecule has 0 fully saturated rings. The number of hydrogen-bond acceptors (Lipinski definition) is 4. The average Bonchev–Trinajstić information content (AvgIpc) is 3.52. The van der Waals surface area contributed by atoms with Crippen LogP contribution in [0.1, 0.15) is 0 Å². The molecule has 6 aromatic carbocycles. The second kappa shape index (κ2) is 12.1. The minimum absolute atomic E-state index is 0.612. The normalized spacial score (nSPS) is 11.3. The number of rotatable bonds is 6. The lowest BCUT2D eigenvalue weighted by Gasteiger charge is -2.12. The van der Waals surface area contributed by atoms with E-state index >= 15 is 0 Å². The van der Waals surface area contributed by atoms with Gasteiger partial charge in [0.05, 0.1) is 11.2 Å². The Morgan fingerprint density at radius 3 is 1.55 bits per heavy atom. The molecule has 9 rings (SSSR count). The van der Waals surface area contributed by atoms with Gasteiger partial charge in [-0.05, 0) is 41.5 Å². The Labute approximate surface area is 283 Å². The van der Waals surface area contributed by atoms with Gasteiger partial charge in [0.15, 0.2) is 17.5 Å². The molecule has 49 heavy (non-hydrogen) atoms. The monoisotopic (exact) mass is 627 g/mol. The Bertz CT molecular complexity index is 2540. The standard InChI is InChI=1S/C44H29N5/c1-4-15-30(16-5-1)35-23-10-11-24-36(35)39-28-27-38-37-25-12-13-26-40(37)49(44(38)45-39)34-22-14-21-33(29-34)43-47-41(31-17-6-2-7-18-31)46-42(48-43)32-19-8-3-9-20-32/h1-29H. The van der Waals surface area contributed by atoms with Gasteiger partial charge in [-0.3, -0.25) is 4.57 Å². The van der Waals surface area contributed by atoms with Crippen LogP contribution in [-0.4, -0.2) is 24.5 Å². The molecule has 0 saturated carbocycles. The first-order valence-corrected chi connectivity index (χ1v) is 16.3. The lowest BCUT2D eigenvalue weighted by molar-refractivity contribution is 1.07. The van der Waals surface area contributed by atoms with Crippen LogP contribution in [0.5, 0.6) is 0 Å². The highest BCUT2D eigenvalue weighted by Crippen LogP contribution is 2.36. The van der Waals surface area contributed by atoms with Gasteiger partial charge in [-0.15, -0.1) is 0 Å². The van der Waals surface area contributed by atoms with Crippen molar-refractivity contribution in [3.05, 3.63) is 176 Å². The molecule has 230 valence electrons. The molecule has 0 saturated heterocycles. The van der Waals surface area contributed by atoms with E-state index in [1.165, 1.54) is 0 Å². The Morgan fingerprint density at radius 1 is 0.347 bits per heavy atom. The first-order valence-electron chi connectivity index (χ1n) is 16.3. The van der Waals surface area contributed by atoms with Gasteiger partial charge in [0, 0.05) is 38.7 Å². The van der Waals surface area contributed by atoms with Crippen molar-refractivity contribution in [3.8, 4) is 62.2 Å². The lowest BCUT2D eigenvalue weighted by atomic mass is 9.97. The largest absolute Gasteiger partial charge is 0.294 e. The van der Waals surface area contributed by atoms with E-state index in [2.05, 4.69) is 114 Å². The molecule has 9 aromatic rings. The maximum absolute atomic E-state index is 5.38. The minimum Gasteiger partial charge on any atom is -0.294 e. The summed E-state index contributed by atoms with van der Waals surface area (Å²) in [5.41, 5.74) is 10.1. The molecule has 0 atom stereocenters. The fourth-order valence-corrected chi connectivity index (χ4v) is 6.55. The van der Waals surface area contributed by atoms with Crippen LogP contribution in [0.3, 0.4) is 0 Å². The van der Waals surface area contributed by atoms with Crippen molar-refractivity contribution in [2.45, 2.75) is 0 Å². The summed E-state index contributed by atoms with van der Waals surface area (Å²) in [5.74, 6) is 1.88. The topological polar surface area (TPSA) is 56.5 Å². The lowest BCUT2D eigenvalue weighted by Crippen LogP contribution is -2.01. The number of hydrogen-bond donors (Lipinski definition) is 0. The average molecular weight is 628 g/mol. The molecule has 3 heterocycles. The Kier molecular flexibility index (Phi) is 7.06. The predicted molar refractivity (Wildman–Crippen MR) is 199 cm³/mol. The summed E-state index contributed by atoms with van der Waals surface area (Å²) in [6.07, 6.45) is 0. The van der Waals surface area contributed by atoms with Crippen LogP contribution in [-0.2, 0) is 0 Å². The molecular formula is C44H29N5.